The van der Waals surface area contributed by atoms with Gasteiger partial charge in [0.25, 0.3) is 5.91 Å². The van der Waals surface area contributed by atoms with Crippen molar-refractivity contribution in [1.29, 1.82) is 0 Å². The maximum Gasteiger partial charge on any atom is 0.264 e. The summed E-state index contributed by atoms with van der Waals surface area (Å²) in [4.78, 5) is 17.5. The normalized spacial score (nSPS) is 15.8. The second-order valence-electron chi connectivity index (χ2n) is 5.84. The van der Waals surface area contributed by atoms with Crippen molar-refractivity contribution in [3.8, 4) is 0 Å². The van der Waals surface area contributed by atoms with Gasteiger partial charge < -0.3 is 4.90 Å². The third kappa shape index (κ3) is 4.39. The highest BCUT2D eigenvalue weighted by Gasteiger charge is 2.22. The minimum absolute atomic E-state index is 0.158. The number of hydrogen-bond donors (Lipinski definition) is 0. The standard InChI is InChI=1S/C18H21FN2OS/c19-16-7-5-15(6-8-16)3-1-9-20-10-12-21(13-11-20)18(22)17-4-2-14-23-17/h2,4-8,14H,1,3,9-13H2. The van der Waals surface area contributed by atoms with Gasteiger partial charge in [-0.1, -0.05) is 18.2 Å². The molecule has 0 N–H and O–H groups in total. The topological polar surface area (TPSA) is 23.6 Å². The summed E-state index contributed by atoms with van der Waals surface area (Å²) >= 11 is 1.51. The van der Waals surface area contributed by atoms with Gasteiger partial charge in [-0.15, -0.1) is 11.3 Å². The van der Waals surface area contributed by atoms with Crippen LogP contribution in [0.25, 0.3) is 0 Å². The fourth-order valence-electron chi connectivity index (χ4n) is 2.89. The lowest BCUT2D eigenvalue weighted by molar-refractivity contribution is 0.0641. The molecule has 0 saturated carbocycles. The van der Waals surface area contributed by atoms with Crippen LogP contribution in [0.1, 0.15) is 21.7 Å². The lowest BCUT2D eigenvalue weighted by Crippen LogP contribution is -2.48. The molecule has 1 fully saturated rings. The Bertz CT molecular complexity index is 619. The predicted octanol–water partition coefficient (Wildman–Crippen LogP) is 3.28. The Labute approximate surface area is 140 Å². The molecule has 1 aromatic carbocycles. The molecule has 1 saturated heterocycles. The SMILES string of the molecule is O=C(c1cccs1)N1CCN(CCCc2ccc(F)cc2)CC1. The largest absolute Gasteiger partial charge is 0.335 e. The number of carbonyl (C=O) groups excluding carboxylic acids is 1. The van der Waals surface area contributed by atoms with Gasteiger partial charge in [0.1, 0.15) is 5.82 Å². The molecular weight excluding hydrogens is 311 g/mol. The summed E-state index contributed by atoms with van der Waals surface area (Å²) in [5, 5.41) is 1.94. The zero-order valence-electron chi connectivity index (χ0n) is 13.1. The smallest absolute Gasteiger partial charge is 0.264 e. The van der Waals surface area contributed by atoms with E-state index in [2.05, 4.69) is 4.90 Å². The van der Waals surface area contributed by atoms with Crippen LogP contribution in [0.2, 0.25) is 0 Å². The number of rotatable bonds is 5. The maximum absolute atomic E-state index is 12.9. The monoisotopic (exact) mass is 332 g/mol. The molecule has 23 heavy (non-hydrogen) atoms. The molecule has 1 aromatic heterocycles. The Morgan fingerprint density at radius 3 is 2.48 bits per heavy atom. The second-order valence-corrected chi connectivity index (χ2v) is 6.79. The third-order valence-electron chi connectivity index (χ3n) is 4.24. The number of amides is 1. The van der Waals surface area contributed by atoms with Crippen molar-refractivity contribution in [3.05, 3.63) is 58.0 Å². The van der Waals surface area contributed by atoms with Gasteiger partial charge in [-0.3, -0.25) is 9.69 Å². The van der Waals surface area contributed by atoms with Gasteiger partial charge in [0, 0.05) is 26.2 Å². The van der Waals surface area contributed by atoms with Crippen molar-refractivity contribution in [1.82, 2.24) is 9.80 Å². The molecule has 0 radical (unpaired) electrons. The fraction of sp³-hybridized carbons (Fsp3) is 0.389. The molecule has 3 nitrogen and oxygen atoms in total. The molecule has 1 amide bonds. The second kappa shape index (κ2) is 7.70. The van der Waals surface area contributed by atoms with Crippen LogP contribution in [0, 0.1) is 5.82 Å². The fourth-order valence-corrected chi connectivity index (χ4v) is 3.58. The summed E-state index contributed by atoms with van der Waals surface area (Å²) in [6.07, 6.45) is 2.03. The molecule has 1 aliphatic rings. The summed E-state index contributed by atoms with van der Waals surface area (Å²) in [6.45, 7) is 4.49. The van der Waals surface area contributed by atoms with Crippen LogP contribution in [0.15, 0.2) is 41.8 Å². The highest BCUT2D eigenvalue weighted by atomic mass is 32.1. The van der Waals surface area contributed by atoms with Gasteiger partial charge in [0.2, 0.25) is 0 Å². The van der Waals surface area contributed by atoms with Crippen molar-refractivity contribution in [2.24, 2.45) is 0 Å². The van der Waals surface area contributed by atoms with Crippen LogP contribution in [0.3, 0.4) is 0 Å². The quantitative estimate of drug-likeness (QED) is 0.839. The average Bonchev–Trinajstić information content (AvgIpc) is 3.11. The van der Waals surface area contributed by atoms with Gasteiger partial charge in [-0.05, 0) is 48.5 Å². The van der Waals surface area contributed by atoms with E-state index >= 15 is 0 Å². The highest BCUT2D eigenvalue weighted by molar-refractivity contribution is 7.12. The lowest BCUT2D eigenvalue weighted by atomic mass is 10.1. The van der Waals surface area contributed by atoms with Crippen LogP contribution in [-0.4, -0.2) is 48.4 Å². The van der Waals surface area contributed by atoms with Crippen molar-refractivity contribution < 1.29 is 9.18 Å². The first kappa shape index (κ1) is 16.1. The minimum atomic E-state index is -0.180. The van der Waals surface area contributed by atoms with Gasteiger partial charge in [0.05, 0.1) is 4.88 Å². The molecule has 0 bridgehead atoms. The Morgan fingerprint density at radius 2 is 1.83 bits per heavy atom. The molecule has 2 aromatic rings. The van der Waals surface area contributed by atoms with Crippen molar-refractivity contribution >= 4 is 17.2 Å². The molecule has 0 spiro atoms. The van der Waals surface area contributed by atoms with Crippen LogP contribution >= 0.6 is 11.3 Å². The minimum Gasteiger partial charge on any atom is -0.335 e. The van der Waals surface area contributed by atoms with E-state index in [9.17, 15) is 9.18 Å². The highest BCUT2D eigenvalue weighted by Crippen LogP contribution is 2.14. The van der Waals surface area contributed by atoms with E-state index in [1.807, 2.05) is 34.5 Å². The Balaban J connectivity index is 1.39. The third-order valence-corrected chi connectivity index (χ3v) is 5.10. The van der Waals surface area contributed by atoms with E-state index in [1.54, 1.807) is 0 Å². The number of aryl methyl sites for hydroxylation is 1. The van der Waals surface area contributed by atoms with E-state index in [4.69, 9.17) is 0 Å². The van der Waals surface area contributed by atoms with Crippen LogP contribution in [0.5, 0.6) is 0 Å². The van der Waals surface area contributed by atoms with Crippen molar-refractivity contribution in [2.45, 2.75) is 12.8 Å². The van der Waals surface area contributed by atoms with Crippen LogP contribution in [-0.2, 0) is 6.42 Å². The average molecular weight is 332 g/mol. The Kier molecular flexibility index (Phi) is 5.41. The first-order valence-electron chi connectivity index (χ1n) is 8.02. The van der Waals surface area contributed by atoms with Crippen molar-refractivity contribution in [3.63, 3.8) is 0 Å². The molecule has 2 heterocycles. The molecule has 0 atom stereocenters. The van der Waals surface area contributed by atoms with E-state index in [1.165, 1.54) is 29.0 Å². The van der Waals surface area contributed by atoms with Crippen LogP contribution in [0.4, 0.5) is 4.39 Å². The number of benzene rings is 1. The van der Waals surface area contributed by atoms with Gasteiger partial charge in [-0.25, -0.2) is 4.39 Å². The Hall–Kier alpha value is -1.72. The summed E-state index contributed by atoms with van der Waals surface area (Å²) in [5.74, 6) is -0.0220. The number of hydrogen-bond acceptors (Lipinski definition) is 3. The van der Waals surface area contributed by atoms with Gasteiger partial charge in [-0.2, -0.15) is 0 Å². The van der Waals surface area contributed by atoms with E-state index < -0.39 is 0 Å². The number of thiophene rings is 1. The first-order valence-corrected chi connectivity index (χ1v) is 8.90. The molecule has 5 heteroatoms. The molecule has 0 unspecified atom stereocenters. The van der Waals surface area contributed by atoms with Gasteiger partial charge >= 0.3 is 0 Å². The van der Waals surface area contributed by atoms with E-state index in [-0.39, 0.29) is 11.7 Å². The first-order chi connectivity index (χ1) is 11.2. The number of halogens is 1. The Morgan fingerprint density at radius 1 is 1.09 bits per heavy atom. The predicted molar refractivity (Wildman–Crippen MR) is 91.4 cm³/mol. The molecule has 3 rings (SSSR count). The molecule has 1 aliphatic heterocycles. The summed E-state index contributed by atoms with van der Waals surface area (Å²) in [7, 11) is 0. The van der Waals surface area contributed by atoms with Gasteiger partial charge in [0.15, 0.2) is 0 Å². The summed E-state index contributed by atoms with van der Waals surface area (Å²) in [6, 6.07) is 10.6. The van der Waals surface area contributed by atoms with Crippen molar-refractivity contribution in [2.75, 3.05) is 32.7 Å². The number of carbonyl (C=O) groups is 1. The zero-order valence-corrected chi connectivity index (χ0v) is 13.9. The molecule has 122 valence electrons. The number of nitrogens with zero attached hydrogens (tertiary/aromatic N) is 2. The zero-order chi connectivity index (χ0) is 16.1. The molecule has 0 aliphatic carbocycles. The number of piperazine rings is 1. The molecular formula is C18H21FN2OS. The van der Waals surface area contributed by atoms with E-state index in [0.29, 0.717) is 0 Å². The van der Waals surface area contributed by atoms with E-state index in [0.717, 1.165) is 50.4 Å². The van der Waals surface area contributed by atoms with Crippen LogP contribution < -0.4 is 0 Å². The summed E-state index contributed by atoms with van der Waals surface area (Å²) in [5.41, 5.74) is 1.18. The maximum atomic E-state index is 12.9. The lowest BCUT2D eigenvalue weighted by Gasteiger charge is -2.34. The summed E-state index contributed by atoms with van der Waals surface area (Å²) < 4.78 is 12.9.